The summed E-state index contributed by atoms with van der Waals surface area (Å²) in [6.07, 6.45) is 0.0380. The van der Waals surface area contributed by atoms with Gasteiger partial charge < -0.3 is 4.74 Å². The van der Waals surface area contributed by atoms with Crippen molar-refractivity contribution < 1.29 is 9.53 Å². The summed E-state index contributed by atoms with van der Waals surface area (Å²) in [5.41, 5.74) is 3.72. The van der Waals surface area contributed by atoms with Crippen molar-refractivity contribution in [3.63, 3.8) is 0 Å². The number of hydrogen-bond acceptors (Lipinski definition) is 7. The Balaban J connectivity index is 1.51. The molecule has 8 nitrogen and oxygen atoms in total. The van der Waals surface area contributed by atoms with Crippen LogP contribution in [0.25, 0.3) is 0 Å². The molecule has 2 aromatic heterocycles. The first-order valence-corrected chi connectivity index (χ1v) is 8.39. The van der Waals surface area contributed by atoms with Gasteiger partial charge in [-0.2, -0.15) is 5.10 Å². The number of rotatable bonds is 5. The molecule has 1 atom stereocenters. The highest BCUT2D eigenvalue weighted by Gasteiger charge is 2.23. The monoisotopic (exact) mass is 336 g/mol. The number of carbonyl (C=O) groups excluding carboxylic acids is 1. The molecular weight excluding hydrogens is 316 g/mol. The van der Waals surface area contributed by atoms with E-state index in [9.17, 15) is 4.79 Å². The number of ether oxygens (including phenoxy) is 1. The van der Waals surface area contributed by atoms with Gasteiger partial charge in [-0.25, -0.2) is 0 Å². The molecule has 0 aliphatic carbocycles. The van der Waals surface area contributed by atoms with Gasteiger partial charge in [0.1, 0.15) is 5.51 Å². The van der Waals surface area contributed by atoms with Crippen LogP contribution in [0, 0.1) is 13.8 Å². The molecule has 0 radical (unpaired) electrons. The molecule has 1 aliphatic heterocycles. The molecule has 1 aliphatic rings. The van der Waals surface area contributed by atoms with Crippen molar-refractivity contribution in [1.82, 2.24) is 24.9 Å². The lowest BCUT2D eigenvalue weighted by Gasteiger charge is -2.32. The highest BCUT2D eigenvalue weighted by molar-refractivity contribution is 7.13. The van der Waals surface area contributed by atoms with E-state index in [0.717, 1.165) is 17.9 Å². The van der Waals surface area contributed by atoms with Crippen LogP contribution in [0.1, 0.15) is 11.4 Å². The van der Waals surface area contributed by atoms with Crippen molar-refractivity contribution in [3.05, 3.63) is 23.0 Å². The normalized spacial score (nSPS) is 19.0. The second-order valence-electron chi connectivity index (χ2n) is 5.63. The summed E-state index contributed by atoms with van der Waals surface area (Å²) in [6.45, 7) is 7.13. The Morgan fingerprint density at radius 2 is 2.39 bits per heavy atom. The third kappa shape index (κ3) is 4.34. The molecular formula is C14H20N6O2S. The fraction of sp³-hybridized carbons (Fsp3) is 0.571. The van der Waals surface area contributed by atoms with Gasteiger partial charge >= 0.3 is 0 Å². The third-order valence-electron chi connectivity index (χ3n) is 3.68. The minimum absolute atomic E-state index is 0.0380. The number of anilines is 1. The number of nitrogens with one attached hydrogen (secondary N) is 1. The van der Waals surface area contributed by atoms with E-state index >= 15 is 0 Å². The molecule has 1 saturated heterocycles. The van der Waals surface area contributed by atoms with Crippen LogP contribution in [0.15, 0.2) is 11.6 Å². The lowest BCUT2D eigenvalue weighted by atomic mass is 10.2. The fourth-order valence-corrected chi connectivity index (χ4v) is 3.14. The molecule has 124 valence electrons. The van der Waals surface area contributed by atoms with Crippen LogP contribution in [0.2, 0.25) is 0 Å². The molecule has 1 N–H and O–H groups in total. The fourth-order valence-electron chi connectivity index (χ4n) is 2.68. The molecule has 1 fully saturated rings. The van der Waals surface area contributed by atoms with Gasteiger partial charge in [0, 0.05) is 18.8 Å². The summed E-state index contributed by atoms with van der Waals surface area (Å²) in [7, 11) is 0. The number of nitrogens with zero attached hydrogens (tertiary/aromatic N) is 5. The van der Waals surface area contributed by atoms with Crippen molar-refractivity contribution in [2.24, 2.45) is 0 Å². The molecule has 0 unspecified atom stereocenters. The molecule has 0 aromatic carbocycles. The van der Waals surface area contributed by atoms with E-state index in [4.69, 9.17) is 4.74 Å². The number of amides is 1. The predicted molar refractivity (Wildman–Crippen MR) is 86.4 cm³/mol. The average Bonchev–Trinajstić information content (AvgIpc) is 3.09. The summed E-state index contributed by atoms with van der Waals surface area (Å²) in [4.78, 5) is 14.1. The molecule has 3 heterocycles. The summed E-state index contributed by atoms with van der Waals surface area (Å²) in [5.74, 6) is -0.0754. The van der Waals surface area contributed by atoms with Crippen LogP contribution in [0.4, 0.5) is 5.13 Å². The first-order chi connectivity index (χ1) is 11.1. The SMILES string of the molecule is Cc1cc(C)n(C[C@H]2CN(CC(=O)Nc3nncs3)CCO2)n1. The Bertz CT molecular complexity index is 656. The zero-order valence-electron chi connectivity index (χ0n) is 13.2. The van der Waals surface area contributed by atoms with Crippen molar-refractivity contribution >= 4 is 22.4 Å². The molecule has 2 aromatic rings. The second-order valence-corrected chi connectivity index (χ2v) is 6.46. The molecule has 9 heteroatoms. The summed E-state index contributed by atoms with van der Waals surface area (Å²) in [6, 6.07) is 2.05. The van der Waals surface area contributed by atoms with E-state index in [1.165, 1.54) is 11.3 Å². The lowest BCUT2D eigenvalue weighted by Crippen LogP contribution is -2.47. The predicted octanol–water partition coefficient (Wildman–Crippen LogP) is 0.691. The minimum Gasteiger partial charge on any atom is -0.374 e. The summed E-state index contributed by atoms with van der Waals surface area (Å²) < 4.78 is 7.77. The van der Waals surface area contributed by atoms with Crippen LogP contribution in [0.3, 0.4) is 0 Å². The first kappa shape index (κ1) is 16.0. The zero-order valence-corrected chi connectivity index (χ0v) is 14.0. The Labute approximate surface area is 138 Å². The van der Waals surface area contributed by atoms with E-state index in [-0.39, 0.29) is 12.0 Å². The lowest BCUT2D eigenvalue weighted by molar-refractivity contribution is -0.119. The molecule has 23 heavy (non-hydrogen) atoms. The quantitative estimate of drug-likeness (QED) is 0.865. The summed E-state index contributed by atoms with van der Waals surface area (Å²) >= 11 is 1.31. The third-order valence-corrected chi connectivity index (χ3v) is 4.28. The molecule has 0 saturated carbocycles. The number of aromatic nitrogens is 4. The smallest absolute Gasteiger partial charge is 0.240 e. The standard InChI is InChI=1S/C14H20N6O2S/c1-10-5-11(2)20(18-10)7-12-6-19(3-4-22-12)8-13(21)16-14-17-15-9-23-14/h5,9,12H,3-4,6-8H2,1-2H3,(H,16,17,21)/t12-/m1/s1. The van der Waals surface area contributed by atoms with Gasteiger partial charge in [0.2, 0.25) is 11.0 Å². The topological polar surface area (TPSA) is 85.2 Å². The zero-order chi connectivity index (χ0) is 16.2. The minimum atomic E-state index is -0.0754. The number of aryl methyl sites for hydroxylation is 2. The maximum atomic E-state index is 12.0. The Morgan fingerprint density at radius 1 is 1.52 bits per heavy atom. The largest absolute Gasteiger partial charge is 0.374 e. The van der Waals surface area contributed by atoms with Crippen molar-refractivity contribution in [2.75, 3.05) is 31.6 Å². The first-order valence-electron chi connectivity index (χ1n) is 7.51. The summed E-state index contributed by atoms with van der Waals surface area (Å²) in [5, 5.41) is 15.3. The molecule has 3 rings (SSSR count). The Morgan fingerprint density at radius 3 is 3.09 bits per heavy atom. The second kappa shape index (κ2) is 7.16. The number of carbonyl (C=O) groups is 1. The van der Waals surface area contributed by atoms with E-state index < -0.39 is 0 Å². The van der Waals surface area contributed by atoms with Crippen LogP contribution >= 0.6 is 11.3 Å². The number of hydrogen-bond donors (Lipinski definition) is 1. The van der Waals surface area contributed by atoms with Gasteiger partial charge in [0.15, 0.2) is 0 Å². The average molecular weight is 336 g/mol. The van der Waals surface area contributed by atoms with Crippen LogP contribution in [0.5, 0.6) is 0 Å². The maximum absolute atomic E-state index is 12.0. The van der Waals surface area contributed by atoms with Crippen molar-refractivity contribution in [1.29, 1.82) is 0 Å². The van der Waals surface area contributed by atoms with Crippen LogP contribution < -0.4 is 5.32 Å². The van der Waals surface area contributed by atoms with Gasteiger partial charge in [-0.05, 0) is 19.9 Å². The highest BCUT2D eigenvalue weighted by atomic mass is 32.1. The van der Waals surface area contributed by atoms with Crippen molar-refractivity contribution in [3.8, 4) is 0 Å². The molecule has 0 bridgehead atoms. The van der Waals surface area contributed by atoms with Crippen LogP contribution in [-0.2, 0) is 16.1 Å². The van der Waals surface area contributed by atoms with E-state index in [1.807, 2.05) is 18.5 Å². The van der Waals surface area contributed by atoms with Gasteiger partial charge in [0.25, 0.3) is 0 Å². The van der Waals surface area contributed by atoms with E-state index in [2.05, 4.69) is 31.6 Å². The van der Waals surface area contributed by atoms with Gasteiger partial charge in [-0.1, -0.05) is 11.3 Å². The number of morpholine rings is 1. The van der Waals surface area contributed by atoms with Gasteiger partial charge in [-0.15, -0.1) is 10.2 Å². The van der Waals surface area contributed by atoms with E-state index in [1.54, 1.807) is 5.51 Å². The Hall–Kier alpha value is -1.84. The molecule has 1 amide bonds. The van der Waals surface area contributed by atoms with Crippen LogP contribution in [-0.4, -0.2) is 63.1 Å². The van der Waals surface area contributed by atoms with Gasteiger partial charge in [-0.3, -0.25) is 19.7 Å². The van der Waals surface area contributed by atoms with Crippen molar-refractivity contribution in [2.45, 2.75) is 26.5 Å². The van der Waals surface area contributed by atoms with Gasteiger partial charge in [0.05, 0.1) is 31.5 Å². The molecule has 0 spiro atoms. The Kier molecular flexibility index (Phi) is 4.99. The highest BCUT2D eigenvalue weighted by Crippen LogP contribution is 2.11. The van der Waals surface area contributed by atoms with E-state index in [0.29, 0.717) is 31.4 Å². The maximum Gasteiger partial charge on any atom is 0.240 e.